The van der Waals surface area contributed by atoms with Crippen LogP contribution in [0.25, 0.3) is 0 Å². The van der Waals surface area contributed by atoms with Crippen LogP contribution < -0.4 is 16.0 Å². The molecule has 0 aromatic heterocycles. The highest BCUT2D eigenvalue weighted by molar-refractivity contribution is 6.38. The van der Waals surface area contributed by atoms with Crippen molar-refractivity contribution < 1.29 is 28.7 Å². The fraction of sp³-hybridized carbons (Fsp3) is 0.667. The molecule has 0 radical (unpaired) electrons. The largest absolute Gasteiger partial charge is 0.443 e. The highest BCUT2D eigenvalue weighted by atomic mass is 16.6. The molecule has 4 amide bonds. The number of carbonyl (C=O) groups is 5. The van der Waals surface area contributed by atoms with Crippen molar-refractivity contribution in [2.75, 3.05) is 13.1 Å². The molecule has 1 heterocycles. The van der Waals surface area contributed by atoms with E-state index < -0.39 is 47.4 Å². The molecule has 6 aliphatic rings. The molecule has 4 saturated carbocycles. The van der Waals surface area contributed by atoms with Crippen LogP contribution in [0.3, 0.4) is 0 Å². The molecule has 1 aliphatic heterocycles. The lowest BCUT2D eigenvalue weighted by Gasteiger charge is -2.44. The number of rotatable bonds is 12. The van der Waals surface area contributed by atoms with E-state index in [0.717, 1.165) is 36.8 Å². The number of amides is 4. The van der Waals surface area contributed by atoms with Crippen LogP contribution in [-0.4, -0.2) is 71.3 Å². The van der Waals surface area contributed by atoms with Crippen LogP contribution in [0.4, 0.5) is 4.79 Å². The van der Waals surface area contributed by atoms with Gasteiger partial charge >= 0.3 is 6.09 Å². The normalized spacial score (nSPS) is 32.8. The number of benzene rings is 1. The van der Waals surface area contributed by atoms with E-state index in [0.29, 0.717) is 50.0 Å². The second kappa shape index (κ2) is 12.9. The topological polar surface area (TPSA) is 134 Å². The number of ketones is 1. The predicted molar refractivity (Wildman–Crippen MR) is 183 cm³/mol. The molecular weight excluding hydrogens is 620 g/mol. The predicted octanol–water partition coefficient (Wildman–Crippen LogP) is 4.10. The Labute approximate surface area is 289 Å². The van der Waals surface area contributed by atoms with Gasteiger partial charge in [-0.05, 0) is 97.5 Å². The Morgan fingerprint density at radius 3 is 2.49 bits per heavy atom. The summed E-state index contributed by atoms with van der Waals surface area (Å²) < 4.78 is 6.40. The number of alkyl carbamates (subject to hydrolysis) is 1. The summed E-state index contributed by atoms with van der Waals surface area (Å²) in [6.07, 6.45) is 9.50. The average Bonchev–Trinajstić information content (AvgIpc) is 3.78. The van der Waals surface area contributed by atoms with Crippen LogP contribution in [0, 0.1) is 40.9 Å². The molecule has 5 fully saturated rings. The molecule has 2 bridgehead atoms. The fourth-order valence-electron chi connectivity index (χ4n) is 10.4. The standard InChI is InChI=1S/C39H52N4O6/c1-5-10-29(33(44)35(46)40-15-6-2)41-34(45)32-30-28(38(30,3)4)21-43(32)36(47)31(26-17-23-12-7-8-13-24(23)18-26)42-37(48)49-39-14-9-11-22(20-39)16-25-19-27(25)39/h6-8,12-13,22,25-32H,2,5,9-11,14-21H2,1,3-4H3,(H,40,46)(H,41,45)(H,42,48)/t22?,25?,27?,28-,29?,30-,31+,32+,39?/m1/s1. The first-order chi connectivity index (χ1) is 23.5. The Morgan fingerprint density at radius 2 is 1.80 bits per heavy atom. The minimum Gasteiger partial charge on any atom is -0.443 e. The zero-order valence-electron chi connectivity index (χ0n) is 29.2. The number of ether oxygens (including phenoxy) is 1. The summed E-state index contributed by atoms with van der Waals surface area (Å²) in [5.74, 6) is -0.712. The lowest BCUT2D eigenvalue weighted by Crippen LogP contribution is -2.60. The Hall–Kier alpha value is -3.69. The zero-order chi connectivity index (χ0) is 34.7. The van der Waals surface area contributed by atoms with Crippen molar-refractivity contribution in [3.05, 3.63) is 48.0 Å². The van der Waals surface area contributed by atoms with Gasteiger partial charge in [-0.1, -0.05) is 64.0 Å². The lowest BCUT2D eigenvalue weighted by atomic mass is 9.69. The summed E-state index contributed by atoms with van der Waals surface area (Å²) in [5.41, 5.74) is 1.73. The third-order valence-electron chi connectivity index (χ3n) is 13.1. The molecule has 5 unspecified atom stereocenters. The molecule has 1 aromatic carbocycles. The van der Waals surface area contributed by atoms with E-state index in [1.165, 1.54) is 18.9 Å². The molecule has 49 heavy (non-hydrogen) atoms. The monoisotopic (exact) mass is 672 g/mol. The smallest absolute Gasteiger partial charge is 0.408 e. The zero-order valence-corrected chi connectivity index (χ0v) is 29.2. The van der Waals surface area contributed by atoms with Gasteiger partial charge in [0, 0.05) is 19.0 Å². The number of nitrogens with one attached hydrogen (secondary N) is 3. The minimum atomic E-state index is -1.01. The van der Waals surface area contributed by atoms with Gasteiger partial charge in [0.25, 0.3) is 5.91 Å². The second-order valence-corrected chi connectivity index (χ2v) is 16.4. The summed E-state index contributed by atoms with van der Waals surface area (Å²) in [5, 5.41) is 8.46. The van der Waals surface area contributed by atoms with Crippen LogP contribution >= 0.6 is 0 Å². The van der Waals surface area contributed by atoms with Crippen molar-refractivity contribution in [1.82, 2.24) is 20.9 Å². The number of hydrogen-bond acceptors (Lipinski definition) is 6. The number of nitrogens with zero attached hydrogens (tertiary/aromatic N) is 1. The van der Waals surface area contributed by atoms with Crippen molar-refractivity contribution in [2.24, 2.45) is 40.9 Å². The molecular formula is C39H52N4O6. The number of carbonyl (C=O) groups excluding carboxylic acids is 5. The highest BCUT2D eigenvalue weighted by Gasteiger charge is 2.70. The first-order valence-electron chi connectivity index (χ1n) is 18.6. The van der Waals surface area contributed by atoms with Crippen molar-refractivity contribution in [3.8, 4) is 0 Å². The molecule has 9 atom stereocenters. The molecule has 7 rings (SSSR count). The Balaban J connectivity index is 1.12. The maximum Gasteiger partial charge on any atom is 0.408 e. The lowest BCUT2D eigenvalue weighted by molar-refractivity contribution is -0.145. The molecule has 1 aromatic rings. The van der Waals surface area contributed by atoms with Gasteiger partial charge in [-0.3, -0.25) is 19.2 Å². The maximum absolute atomic E-state index is 14.8. The number of Topliss-reactive ketones (excluding diaryl/α,β-unsaturated/α-hetero) is 1. The number of likely N-dealkylation sites (tertiary alicyclic amines) is 1. The Bertz CT molecular complexity index is 1520. The molecule has 1 saturated heterocycles. The van der Waals surface area contributed by atoms with E-state index in [4.69, 9.17) is 4.74 Å². The van der Waals surface area contributed by atoms with Crippen LogP contribution in [0.5, 0.6) is 0 Å². The first-order valence-corrected chi connectivity index (χ1v) is 18.6. The quantitative estimate of drug-likeness (QED) is 0.226. The molecule has 5 aliphatic carbocycles. The second-order valence-electron chi connectivity index (χ2n) is 16.4. The third kappa shape index (κ3) is 6.18. The molecule has 10 heteroatoms. The van der Waals surface area contributed by atoms with Crippen molar-refractivity contribution >= 4 is 29.6 Å². The summed E-state index contributed by atoms with van der Waals surface area (Å²) >= 11 is 0. The van der Waals surface area contributed by atoms with Gasteiger partial charge in [-0.15, -0.1) is 6.58 Å². The Morgan fingerprint density at radius 1 is 1.06 bits per heavy atom. The highest BCUT2D eigenvalue weighted by Crippen LogP contribution is 2.65. The average molecular weight is 673 g/mol. The third-order valence-corrected chi connectivity index (χ3v) is 13.1. The van der Waals surface area contributed by atoms with Crippen LogP contribution in [-0.2, 0) is 36.8 Å². The summed E-state index contributed by atoms with van der Waals surface area (Å²) in [6.45, 7) is 10.2. The number of hydrogen-bond donors (Lipinski definition) is 3. The molecule has 0 spiro atoms. The van der Waals surface area contributed by atoms with Crippen LogP contribution in [0.2, 0.25) is 0 Å². The van der Waals surface area contributed by atoms with Gasteiger partial charge < -0.3 is 25.6 Å². The van der Waals surface area contributed by atoms with Gasteiger partial charge in [0.15, 0.2) is 0 Å². The van der Waals surface area contributed by atoms with E-state index in [1.54, 1.807) is 4.90 Å². The summed E-state index contributed by atoms with van der Waals surface area (Å²) in [6, 6.07) is 5.45. The summed E-state index contributed by atoms with van der Waals surface area (Å²) in [7, 11) is 0. The van der Waals surface area contributed by atoms with Gasteiger partial charge in [0.2, 0.25) is 17.6 Å². The van der Waals surface area contributed by atoms with Gasteiger partial charge in [-0.25, -0.2) is 4.79 Å². The molecule has 10 nitrogen and oxygen atoms in total. The number of piperidine rings is 1. The van der Waals surface area contributed by atoms with Crippen LogP contribution in [0.1, 0.15) is 83.3 Å². The fourth-order valence-corrected chi connectivity index (χ4v) is 10.4. The molecule has 264 valence electrons. The van der Waals surface area contributed by atoms with E-state index >= 15 is 0 Å². The SMILES string of the molecule is C=CCNC(=O)C(=O)C(CCC)NC(=O)[C@@H]1[C@H]2[C@@H](CN1C(=O)[C@@H](NC(=O)OC13CCCC(CC4CC41)C3)C1Cc3ccccc3C1)C2(C)C. The van der Waals surface area contributed by atoms with Crippen molar-refractivity contribution in [1.29, 1.82) is 0 Å². The summed E-state index contributed by atoms with van der Waals surface area (Å²) in [4.78, 5) is 70.1. The molecule has 3 N–H and O–H groups in total. The van der Waals surface area contributed by atoms with Crippen molar-refractivity contribution in [3.63, 3.8) is 0 Å². The maximum atomic E-state index is 14.8. The van der Waals surface area contributed by atoms with E-state index in [-0.39, 0.29) is 35.6 Å². The van der Waals surface area contributed by atoms with Gasteiger partial charge in [-0.2, -0.15) is 0 Å². The van der Waals surface area contributed by atoms with Crippen LogP contribution in [0.15, 0.2) is 36.9 Å². The van der Waals surface area contributed by atoms with Gasteiger partial charge in [0.1, 0.15) is 17.7 Å². The number of fused-ring (bicyclic) bond motifs is 6. The van der Waals surface area contributed by atoms with Gasteiger partial charge in [0.05, 0.1) is 6.04 Å². The van der Waals surface area contributed by atoms with E-state index in [1.807, 2.05) is 19.1 Å². The van der Waals surface area contributed by atoms with E-state index in [2.05, 4.69) is 48.5 Å². The Kier molecular flexibility index (Phi) is 8.89. The minimum absolute atomic E-state index is 0.0936. The van der Waals surface area contributed by atoms with Crippen molar-refractivity contribution in [2.45, 2.75) is 109 Å². The first kappa shape index (κ1) is 33.8. The van der Waals surface area contributed by atoms with E-state index in [9.17, 15) is 24.0 Å².